The van der Waals surface area contributed by atoms with E-state index in [9.17, 15) is 33.9 Å². The molecule has 13 N–H and O–H groups in total. The summed E-state index contributed by atoms with van der Waals surface area (Å²) in [4.78, 5) is 76.8. The summed E-state index contributed by atoms with van der Waals surface area (Å²) in [6, 6.07) is 1.94. The van der Waals surface area contributed by atoms with Gasteiger partial charge in [-0.1, -0.05) is 24.6 Å². The molecule has 41 heavy (non-hydrogen) atoms. The zero-order valence-electron chi connectivity index (χ0n) is 22.6. The fourth-order valence-electron chi connectivity index (χ4n) is 4.15. The lowest BCUT2D eigenvalue weighted by Crippen LogP contribution is -2.58. The van der Waals surface area contributed by atoms with Gasteiger partial charge in [-0.05, 0) is 37.4 Å². The Bertz CT molecular complexity index is 1250. The van der Waals surface area contributed by atoms with Gasteiger partial charge in [0.05, 0.1) is 12.5 Å². The second-order valence-corrected chi connectivity index (χ2v) is 9.65. The van der Waals surface area contributed by atoms with Crippen LogP contribution in [0.2, 0.25) is 0 Å². The average Bonchev–Trinajstić information content (AvgIpc) is 3.32. The Kier molecular flexibility index (Phi) is 12.7. The van der Waals surface area contributed by atoms with Gasteiger partial charge in [0.15, 0.2) is 0 Å². The SMILES string of the molecule is NCCCCC(N)C(=O)NC(CC(N)=O)C(=O)NC(CCC(N)=O)C(=O)NC(Cc1c[nH]c2ccccc12)C(=O)O. The maximum Gasteiger partial charge on any atom is 0.326 e. The minimum Gasteiger partial charge on any atom is -0.480 e. The minimum absolute atomic E-state index is 0.0794. The first-order chi connectivity index (χ1) is 19.4. The predicted molar refractivity (Wildman–Crippen MR) is 149 cm³/mol. The Labute approximate surface area is 236 Å². The number of aromatic amines is 1. The molecule has 0 spiro atoms. The van der Waals surface area contributed by atoms with Gasteiger partial charge < -0.3 is 49.0 Å². The summed E-state index contributed by atoms with van der Waals surface area (Å²) >= 11 is 0. The summed E-state index contributed by atoms with van der Waals surface area (Å²) in [5.41, 5.74) is 23.2. The number of primary amides is 2. The van der Waals surface area contributed by atoms with E-state index >= 15 is 0 Å². The van der Waals surface area contributed by atoms with Gasteiger partial charge in [0.2, 0.25) is 29.5 Å². The zero-order valence-corrected chi connectivity index (χ0v) is 22.6. The number of carbonyl (C=O) groups is 6. The molecule has 1 aromatic carbocycles. The summed E-state index contributed by atoms with van der Waals surface area (Å²) < 4.78 is 0. The van der Waals surface area contributed by atoms with Gasteiger partial charge in [0.1, 0.15) is 18.1 Å². The number of aliphatic carboxylic acids is 1. The summed E-state index contributed by atoms with van der Waals surface area (Å²) in [7, 11) is 0. The van der Waals surface area contributed by atoms with Crippen LogP contribution in [0, 0.1) is 0 Å². The van der Waals surface area contributed by atoms with E-state index in [1.165, 1.54) is 0 Å². The second kappa shape index (κ2) is 15.9. The molecule has 1 heterocycles. The number of carbonyl (C=O) groups excluding carboxylic acids is 5. The molecule has 0 fully saturated rings. The average molecular weight is 575 g/mol. The van der Waals surface area contributed by atoms with Crippen molar-refractivity contribution in [2.45, 2.75) is 69.1 Å². The Morgan fingerprint density at radius 2 is 1.46 bits per heavy atom. The summed E-state index contributed by atoms with van der Waals surface area (Å²) in [5, 5.41) is 17.7. The number of unbranched alkanes of at least 4 members (excludes halogenated alkanes) is 1. The Morgan fingerprint density at radius 1 is 0.829 bits per heavy atom. The highest BCUT2D eigenvalue weighted by molar-refractivity contribution is 5.96. The molecule has 0 bridgehead atoms. The molecule has 4 unspecified atom stereocenters. The van der Waals surface area contributed by atoms with Crippen molar-refractivity contribution in [3.63, 3.8) is 0 Å². The molecule has 4 atom stereocenters. The Balaban J connectivity index is 2.18. The maximum absolute atomic E-state index is 13.2. The third kappa shape index (κ3) is 10.5. The van der Waals surface area contributed by atoms with E-state index in [0.717, 1.165) is 10.9 Å². The molecule has 0 saturated heterocycles. The summed E-state index contributed by atoms with van der Waals surface area (Å²) in [5.74, 6) is -5.59. The number of amides is 5. The fourth-order valence-corrected chi connectivity index (χ4v) is 4.15. The Hall–Kier alpha value is -4.50. The highest BCUT2D eigenvalue weighted by Gasteiger charge is 2.31. The van der Waals surface area contributed by atoms with Crippen molar-refractivity contribution in [2.75, 3.05) is 6.54 Å². The maximum atomic E-state index is 13.2. The van der Waals surface area contributed by atoms with Gasteiger partial charge in [-0.3, -0.25) is 24.0 Å². The number of para-hydroxylation sites is 1. The van der Waals surface area contributed by atoms with Crippen LogP contribution >= 0.6 is 0 Å². The van der Waals surface area contributed by atoms with E-state index < -0.39 is 66.1 Å². The van der Waals surface area contributed by atoms with Gasteiger partial charge in [0, 0.05) is 29.9 Å². The van der Waals surface area contributed by atoms with Crippen LogP contribution in [0.5, 0.6) is 0 Å². The highest BCUT2D eigenvalue weighted by Crippen LogP contribution is 2.19. The molecule has 0 aliphatic carbocycles. The number of hydrogen-bond donors (Lipinski definition) is 9. The number of nitrogens with two attached hydrogens (primary N) is 4. The number of carboxylic acids is 1. The van der Waals surface area contributed by atoms with Gasteiger partial charge >= 0.3 is 5.97 Å². The third-order valence-corrected chi connectivity index (χ3v) is 6.37. The highest BCUT2D eigenvalue weighted by atomic mass is 16.4. The molecule has 0 aliphatic rings. The van der Waals surface area contributed by atoms with Crippen LogP contribution in [-0.4, -0.2) is 76.3 Å². The quantitative estimate of drug-likeness (QED) is 0.0876. The van der Waals surface area contributed by atoms with Crippen molar-refractivity contribution in [2.24, 2.45) is 22.9 Å². The normalized spacial score (nSPS) is 13.9. The van der Waals surface area contributed by atoms with Crippen LogP contribution in [0.4, 0.5) is 0 Å². The number of rotatable bonds is 18. The van der Waals surface area contributed by atoms with Crippen LogP contribution in [0.3, 0.4) is 0 Å². The van der Waals surface area contributed by atoms with Crippen molar-refractivity contribution in [3.8, 4) is 0 Å². The number of aromatic nitrogens is 1. The largest absolute Gasteiger partial charge is 0.480 e. The van der Waals surface area contributed by atoms with Gasteiger partial charge in [-0.15, -0.1) is 0 Å². The van der Waals surface area contributed by atoms with Crippen molar-refractivity contribution in [1.82, 2.24) is 20.9 Å². The van der Waals surface area contributed by atoms with E-state index in [-0.39, 0.29) is 25.7 Å². The molecule has 5 amide bonds. The Morgan fingerprint density at radius 3 is 2.10 bits per heavy atom. The van der Waals surface area contributed by atoms with E-state index in [0.29, 0.717) is 24.9 Å². The number of nitrogens with one attached hydrogen (secondary N) is 4. The first kappa shape index (κ1) is 32.7. The van der Waals surface area contributed by atoms with Crippen LogP contribution in [0.1, 0.15) is 44.1 Å². The van der Waals surface area contributed by atoms with E-state index in [1.54, 1.807) is 18.3 Å². The fraction of sp³-hybridized carbons (Fsp3) is 0.462. The molecule has 0 saturated carbocycles. The minimum atomic E-state index is -1.48. The van der Waals surface area contributed by atoms with Crippen LogP contribution in [-0.2, 0) is 35.2 Å². The number of carboxylic acid groups (broad SMARTS) is 1. The van der Waals surface area contributed by atoms with Crippen LogP contribution < -0.4 is 38.9 Å². The molecule has 15 heteroatoms. The second-order valence-electron chi connectivity index (χ2n) is 9.65. The molecule has 0 aliphatic heterocycles. The number of hydrogen-bond acceptors (Lipinski definition) is 8. The lowest BCUT2D eigenvalue weighted by Gasteiger charge is -2.24. The molecule has 2 rings (SSSR count). The lowest BCUT2D eigenvalue weighted by atomic mass is 10.0. The van der Waals surface area contributed by atoms with E-state index in [1.807, 2.05) is 12.1 Å². The number of benzene rings is 1. The molecule has 224 valence electrons. The first-order valence-electron chi connectivity index (χ1n) is 13.1. The molecule has 15 nitrogen and oxygen atoms in total. The third-order valence-electron chi connectivity index (χ3n) is 6.37. The molecular weight excluding hydrogens is 536 g/mol. The molecular formula is C26H38N8O7. The van der Waals surface area contributed by atoms with Crippen LogP contribution in [0.25, 0.3) is 10.9 Å². The van der Waals surface area contributed by atoms with Crippen molar-refractivity contribution < 1.29 is 33.9 Å². The number of H-pyrrole nitrogens is 1. The van der Waals surface area contributed by atoms with Crippen molar-refractivity contribution in [3.05, 3.63) is 36.0 Å². The zero-order chi connectivity index (χ0) is 30.5. The van der Waals surface area contributed by atoms with E-state index in [4.69, 9.17) is 22.9 Å². The van der Waals surface area contributed by atoms with Crippen molar-refractivity contribution in [1.29, 1.82) is 0 Å². The summed E-state index contributed by atoms with van der Waals surface area (Å²) in [6.07, 6.45) is 1.84. The van der Waals surface area contributed by atoms with Gasteiger partial charge in [-0.25, -0.2) is 4.79 Å². The lowest BCUT2D eigenvalue weighted by molar-refractivity contribution is -0.142. The number of fused-ring (bicyclic) bond motifs is 1. The smallest absolute Gasteiger partial charge is 0.326 e. The topological polar surface area (TPSA) is 279 Å². The molecule has 1 aromatic heterocycles. The van der Waals surface area contributed by atoms with Crippen LogP contribution in [0.15, 0.2) is 30.5 Å². The van der Waals surface area contributed by atoms with Gasteiger partial charge in [-0.2, -0.15) is 0 Å². The van der Waals surface area contributed by atoms with Crippen molar-refractivity contribution >= 4 is 46.4 Å². The standard InChI is InChI=1S/C26H38N8O7/c27-10-4-3-6-16(28)23(37)33-19(12-22(30)36)25(39)32-18(8-9-21(29)35)24(38)34-20(26(40)41)11-14-13-31-17-7-2-1-5-15(14)17/h1-2,5,7,13,16,18-20,31H,3-4,6,8-12,27-28H2,(H2,29,35)(H2,30,36)(H,32,39)(H,33,37)(H,34,38)(H,40,41). The monoisotopic (exact) mass is 574 g/mol. The molecule has 2 aromatic rings. The predicted octanol–water partition coefficient (Wildman–Crippen LogP) is -2.15. The summed E-state index contributed by atoms with van der Waals surface area (Å²) in [6.45, 7) is 0.417. The molecule has 0 radical (unpaired) electrons. The van der Waals surface area contributed by atoms with E-state index in [2.05, 4.69) is 20.9 Å². The van der Waals surface area contributed by atoms with Gasteiger partial charge in [0.25, 0.3) is 0 Å². The first-order valence-corrected chi connectivity index (χ1v) is 13.1.